The second-order valence-corrected chi connectivity index (χ2v) is 10.2. The number of benzene rings is 3. The smallest absolute Gasteiger partial charge is 0.269 e. The molecule has 0 saturated carbocycles. The van der Waals surface area contributed by atoms with Crippen LogP contribution in [0, 0.1) is 11.6 Å². The molecular weight excluding hydrogens is 516 g/mol. The molecule has 202 valence electrons. The van der Waals surface area contributed by atoms with E-state index < -0.39 is 35.2 Å². The maximum atomic E-state index is 14.9. The molecule has 0 spiro atoms. The number of para-hydroxylation sites is 1. The quantitative estimate of drug-likeness (QED) is 0.383. The van der Waals surface area contributed by atoms with Gasteiger partial charge in [0.25, 0.3) is 11.8 Å². The van der Waals surface area contributed by atoms with E-state index in [1.165, 1.54) is 28.9 Å². The fourth-order valence-electron chi connectivity index (χ4n) is 4.85. The van der Waals surface area contributed by atoms with Crippen molar-refractivity contribution in [2.75, 3.05) is 5.32 Å². The summed E-state index contributed by atoms with van der Waals surface area (Å²) < 4.78 is 37.4. The number of carbonyl (C=O) groups excluding carboxylic acids is 2. The summed E-state index contributed by atoms with van der Waals surface area (Å²) in [7, 11) is 0. The van der Waals surface area contributed by atoms with Crippen LogP contribution in [0.2, 0.25) is 0 Å². The number of ether oxygens (including phenoxy) is 1. The molecule has 3 aromatic carbocycles. The van der Waals surface area contributed by atoms with E-state index in [0.717, 1.165) is 0 Å². The molecule has 2 amide bonds. The Morgan fingerprint density at radius 3 is 2.48 bits per heavy atom. The van der Waals surface area contributed by atoms with Gasteiger partial charge in [0.2, 0.25) is 12.0 Å². The van der Waals surface area contributed by atoms with E-state index in [4.69, 9.17) is 4.74 Å². The van der Waals surface area contributed by atoms with E-state index in [1.807, 2.05) is 19.9 Å². The molecular formula is C30H25F2N5O3. The van der Waals surface area contributed by atoms with Gasteiger partial charge in [-0.25, -0.2) is 18.5 Å². The zero-order chi connectivity index (χ0) is 28.0. The van der Waals surface area contributed by atoms with Gasteiger partial charge in [0.15, 0.2) is 0 Å². The fraction of sp³-hybridized carbons (Fsp3) is 0.200. The minimum absolute atomic E-state index is 0.0184. The molecule has 2 aliphatic heterocycles. The van der Waals surface area contributed by atoms with E-state index in [-0.39, 0.29) is 28.4 Å². The summed E-state index contributed by atoms with van der Waals surface area (Å²) in [6.07, 6.45) is -0.811. The van der Waals surface area contributed by atoms with Gasteiger partial charge in [-0.2, -0.15) is 5.10 Å². The van der Waals surface area contributed by atoms with Gasteiger partial charge in [-0.15, -0.1) is 0 Å². The van der Waals surface area contributed by atoms with Crippen molar-refractivity contribution in [2.24, 2.45) is 4.99 Å². The number of anilines is 1. The lowest BCUT2D eigenvalue weighted by atomic mass is 10.0. The lowest BCUT2D eigenvalue weighted by Crippen LogP contribution is -2.43. The van der Waals surface area contributed by atoms with Crippen molar-refractivity contribution in [1.82, 2.24) is 15.1 Å². The van der Waals surface area contributed by atoms with Crippen molar-refractivity contribution in [3.63, 3.8) is 0 Å². The van der Waals surface area contributed by atoms with Gasteiger partial charge < -0.3 is 15.4 Å². The van der Waals surface area contributed by atoms with Crippen molar-refractivity contribution in [3.05, 3.63) is 101 Å². The van der Waals surface area contributed by atoms with Crippen molar-refractivity contribution >= 4 is 23.2 Å². The molecule has 0 unspecified atom stereocenters. The molecule has 1 aromatic heterocycles. The molecule has 4 aromatic rings. The van der Waals surface area contributed by atoms with Gasteiger partial charge in [-0.05, 0) is 32.0 Å². The number of fused-ring (bicyclic) bond motifs is 2. The normalized spacial score (nSPS) is 17.4. The highest BCUT2D eigenvalue weighted by Crippen LogP contribution is 2.38. The summed E-state index contributed by atoms with van der Waals surface area (Å²) >= 11 is 0. The third kappa shape index (κ3) is 4.51. The van der Waals surface area contributed by atoms with Crippen molar-refractivity contribution in [3.8, 4) is 17.1 Å². The Kier molecular flexibility index (Phi) is 6.17. The Morgan fingerprint density at radius 1 is 1.00 bits per heavy atom. The highest BCUT2D eigenvalue weighted by molar-refractivity contribution is 6.20. The first-order chi connectivity index (χ1) is 19.2. The topological polar surface area (TPSA) is 97.6 Å². The van der Waals surface area contributed by atoms with Crippen LogP contribution in [-0.4, -0.2) is 39.1 Å². The standard InChI is InChI=1S/C30H25F2N5O3/c1-30(2)15-16-37-29(40-30)22(25(36-37)18-11-6-7-13-20(18)31)27(38)35-26-28(39)34-24-19(12-8-14-21(24)32)23(33-26)17-9-4-3-5-10-17/h3-14,26H,15-16H2,1-2H3,(H,34,39)(H,35,38)/t26-/m1/s1. The van der Waals surface area contributed by atoms with E-state index in [0.29, 0.717) is 29.8 Å². The van der Waals surface area contributed by atoms with E-state index in [2.05, 4.69) is 20.7 Å². The number of hydrogen-bond acceptors (Lipinski definition) is 5. The molecule has 0 saturated heterocycles. The van der Waals surface area contributed by atoms with Crippen LogP contribution in [0.5, 0.6) is 5.88 Å². The molecule has 0 fully saturated rings. The molecule has 0 bridgehead atoms. The van der Waals surface area contributed by atoms with Crippen molar-refractivity contribution in [1.29, 1.82) is 0 Å². The van der Waals surface area contributed by atoms with Gasteiger partial charge in [-0.3, -0.25) is 9.59 Å². The zero-order valence-electron chi connectivity index (χ0n) is 21.7. The lowest BCUT2D eigenvalue weighted by Gasteiger charge is -2.31. The first kappa shape index (κ1) is 25.4. The first-order valence-electron chi connectivity index (χ1n) is 12.8. The number of nitrogens with zero attached hydrogens (tertiary/aromatic N) is 3. The monoisotopic (exact) mass is 541 g/mol. The van der Waals surface area contributed by atoms with Crippen molar-refractivity contribution in [2.45, 2.75) is 38.6 Å². The SMILES string of the molecule is CC1(C)CCn2nc(-c3ccccc3F)c(C(=O)N[C@H]3N=C(c4ccccc4)c4cccc(F)c4NC3=O)c2O1. The van der Waals surface area contributed by atoms with E-state index in [9.17, 15) is 18.4 Å². The van der Waals surface area contributed by atoms with Crippen LogP contribution in [-0.2, 0) is 11.3 Å². The summed E-state index contributed by atoms with van der Waals surface area (Å²) in [6, 6.07) is 19.4. The largest absolute Gasteiger partial charge is 0.471 e. The number of halogens is 2. The van der Waals surface area contributed by atoms with Crippen LogP contribution in [0.3, 0.4) is 0 Å². The van der Waals surface area contributed by atoms with Crippen LogP contribution in [0.1, 0.15) is 41.8 Å². The van der Waals surface area contributed by atoms with Crippen molar-refractivity contribution < 1.29 is 23.1 Å². The number of hydrogen-bond donors (Lipinski definition) is 2. The number of benzodiazepines with no additional fused rings is 1. The van der Waals surface area contributed by atoms with Gasteiger partial charge in [0.1, 0.15) is 28.5 Å². The Morgan fingerprint density at radius 2 is 1.70 bits per heavy atom. The third-order valence-corrected chi connectivity index (χ3v) is 6.90. The van der Waals surface area contributed by atoms with E-state index >= 15 is 0 Å². The zero-order valence-corrected chi connectivity index (χ0v) is 21.7. The molecule has 3 heterocycles. The predicted molar refractivity (Wildman–Crippen MR) is 145 cm³/mol. The van der Waals surface area contributed by atoms with Gasteiger partial charge in [-0.1, -0.05) is 54.6 Å². The number of aryl methyl sites for hydroxylation is 1. The Hall–Kier alpha value is -4.86. The molecule has 0 radical (unpaired) electrons. The molecule has 10 heteroatoms. The highest BCUT2D eigenvalue weighted by atomic mass is 19.1. The van der Waals surface area contributed by atoms with Gasteiger partial charge >= 0.3 is 0 Å². The van der Waals surface area contributed by atoms with Crippen LogP contribution in [0.15, 0.2) is 77.8 Å². The maximum Gasteiger partial charge on any atom is 0.269 e. The van der Waals surface area contributed by atoms with Crippen LogP contribution in [0.25, 0.3) is 11.3 Å². The van der Waals surface area contributed by atoms with Crippen LogP contribution >= 0.6 is 0 Å². The van der Waals surface area contributed by atoms with E-state index in [1.54, 1.807) is 42.5 Å². The number of rotatable bonds is 4. The van der Waals surface area contributed by atoms with Crippen LogP contribution < -0.4 is 15.4 Å². The summed E-state index contributed by atoms with van der Waals surface area (Å²) in [5.74, 6) is -2.50. The number of amides is 2. The number of carbonyl (C=O) groups is 2. The van der Waals surface area contributed by atoms with Crippen LogP contribution in [0.4, 0.5) is 14.5 Å². The summed E-state index contributed by atoms with van der Waals surface area (Å²) in [5, 5.41) is 9.73. The highest BCUT2D eigenvalue weighted by Gasteiger charge is 2.37. The second-order valence-electron chi connectivity index (χ2n) is 10.2. The Labute approximate surface area is 228 Å². The number of aromatic nitrogens is 2. The lowest BCUT2D eigenvalue weighted by molar-refractivity contribution is -0.117. The summed E-state index contributed by atoms with van der Waals surface area (Å²) in [6.45, 7) is 4.22. The third-order valence-electron chi connectivity index (χ3n) is 6.90. The average molecular weight is 542 g/mol. The number of aliphatic imine (C=N–C) groups is 1. The molecule has 2 aliphatic rings. The molecule has 0 aliphatic carbocycles. The molecule has 8 nitrogen and oxygen atoms in total. The molecule has 40 heavy (non-hydrogen) atoms. The minimum Gasteiger partial charge on any atom is -0.471 e. The Bertz CT molecular complexity index is 1680. The predicted octanol–water partition coefficient (Wildman–Crippen LogP) is 4.94. The average Bonchev–Trinajstić information content (AvgIpc) is 3.23. The summed E-state index contributed by atoms with van der Waals surface area (Å²) in [4.78, 5) is 31.8. The van der Waals surface area contributed by atoms with Gasteiger partial charge in [0.05, 0.1) is 11.4 Å². The van der Waals surface area contributed by atoms with Gasteiger partial charge in [0, 0.05) is 29.7 Å². The Balaban J connectivity index is 1.45. The first-order valence-corrected chi connectivity index (χ1v) is 12.8. The maximum absolute atomic E-state index is 14.9. The molecule has 2 N–H and O–H groups in total. The minimum atomic E-state index is -1.44. The molecule has 1 atom stereocenters. The number of nitrogens with one attached hydrogen (secondary N) is 2. The molecule has 6 rings (SSSR count). The second kappa shape index (κ2) is 9.71. The fourth-order valence-corrected chi connectivity index (χ4v) is 4.85. The summed E-state index contributed by atoms with van der Waals surface area (Å²) in [5.41, 5.74) is 0.865.